The van der Waals surface area contributed by atoms with E-state index in [1.807, 2.05) is 48.5 Å². The molecule has 0 aliphatic heterocycles. The van der Waals surface area contributed by atoms with Crippen LogP contribution in [0.1, 0.15) is 0 Å². The van der Waals surface area contributed by atoms with E-state index < -0.39 is 0 Å². The zero-order chi connectivity index (χ0) is 15.6. The third-order valence-corrected chi connectivity index (χ3v) is 4.44. The molecular weight excluding hydrogens is 288 g/mol. The van der Waals surface area contributed by atoms with Crippen LogP contribution in [0, 0.1) is 0 Å². The van der Waals surface area contributed by atoms with Crippen LogP contribution in [-0.2, 0) is 0 Å². The molecule has 0 bridgehead atoms. The molecule has 5 aromatic rings. The van der Waals surface area contributed by atoms with E-state index in [-0.39, 0.29) is 11.5 Å². The van der Waals surface area contributed by atoms with E-state index in [2.05, 4.69) is 0 Å². The summed E-state index contributed by atoms with van der Waals surface area (Å²) in [5.41, 5.74) is 1.45. The first-order valence-corrected chi connectivity index (χ1v) is 7.41. The third-order valence-electron chi connectivity index (χ3n) is 4.44. The molecule has 0 spiro atoms. The number of hydrogen-bond acceptors (Lipinski definition) is 3. The Morgan fingerprint density at radius 1 is 0.522 bits per heavy atom. The smallest absolute Gasteiger partial charge is 0.143 e. The minimum absolute atomic E-state index is 0.212. The van der Waals surface area contributed by atoms with Crippen LogP contribution in [0.5, 0.6) is 11.5 Å². The number of hydrogen-bond donors (Lipinski definition) is 2. The first kappa shape index (κ1) is 12.4. The van der Waals surface area contributed by atoms with Crippen LogP contribution in [0.4, 0.5) is 0 Å². The van der Waals surface area contributed by atoms with Gasteiger partial charge in [-0.3, -0.25) is 0 Å². The number of aromatic hydroxyl groups is 2. The molecule has 2 N–H and O–H groups in total. The van der Waals surface area contributed by atoms with E-state index in [0.717, 1.165) is 43.5 Å². The van der Waals surface area contributed by atoms with Crippen molar-refractivity contribution in [3.8, 4) is 11.5 Å². The number of phenols is 2. The summed E-state index contributed by atoms with van der Waals surface area (Å²) in [7, 11) is 0. The molecule has 0 aliphatic rings. The van der Waals surface area contributed by atoms with Crippen molar-refractivity contribution in [2.24, 2.45) is 0 Å². The van der Waals surface area contributed by atoms with Crippen LogP contribution in [0.15, 0.2) is 65.1 Å². The summed E-state index contributed by atoms with van der Waals surface area (Å²) >= 11 is 0. The fourth-order valence-corrected chi connectivity index (χ4v) is 3.38. The second-order valence-electron chi connectivity index (χ2n) is 5.74. The zero-order valence-corrected chi connectivity index (χ0v) is 12.1. The highest BCUT2D eigenvalue weighted by atomic mass is 16.3. The molecule has 110 valence electrons. The highest BCUT2D eigenvalue weighted by Gasteiger charge is 2.16. The summed E-state index contributed by atoms with van der Waals surface area (Å²) in [5.74, 6) is 0.423. The van der Waals surface area contributed by atoms with Gasteiger partial charge in [-0.2, -0.15) is 0 Å². The highest BCUT2D eigenvalue weighted by molar-refractivity contribution is 6.22. The summed E-state index contributed by atoms with van der Waals surface area (Å²) in [4.78, 5) is 0. The molecule has 0 atom stereocenters. The molecule has 0 aliphatic carbocycles. The van der Waals surface area contributed by atoms with Crippen LogP contribution in [0.3, 0.4) is 0 Å². The summed E-state index contributed by atoms with van der Waals surface area (Å²) in [6, 6.07) is 18.6. The van der Waals surface area contributed by atoms with E-state index in [0.29, 0.717) is 0 Å². The topological polar surface area (TPSA) is 53.6 Å². The van der Waals surface area contributed by atoms with Gasteiger partial charge in [0.2, 0.25) is 0 Å². The van der Waals surface area contributed by atoms with Gasteiger partial charge in [-0.1, -0.05) is 48.5 Å². The van der Waals surface area contributed by atoms with Gasteiger partial charge in [-0.15, -0.1) is 0 Å². The van der Waals surface area contributed by atoms with Crippen molar-refractivity contribution in [3.63, 3.8) is 0 Å². The summed E-state index contributed by atoms with van der Waals surface area (Å²) in [6.07, 6.45) is 0. The molecule has 0 unspecified atom stereocenters. The van der Waals surface area contributed by atoms with Crippen molar-refractivity contribution in [3.05, 3.63) is 60.7 Å². The van der Waals surface area contributed by atoms with Crippen LogP contribution < -0.4 is 0 Å². The normalized spacial score (nSPS) is 11.8. The third kappa shape index (κ3) is 1.53. The Balaban J connectivity index is 2.12. The van der Waals surface area contributed by atoms with Gasteiger partial charge >= 0.3 is 0 Å². The standard InChI is InChI=1S/C20H12O3/c21-17-9-15-16-10-18(22)12-6-2-4-8-14(12)20(16)23-19(15)13-7-3-1-5-11(13)17/h1-10,21-22H. The quantitative estimate of drug-likeness (QED) is 0.408. The summed E-state index contributed by atoms with van der Waals surface area (Å²) in [5, 5.41) is 25.5. The molecule has 0 saturated carbocycles. The van der Waals surface area contributed by atoms with Crippen LogP contribution >= 0.6 is 0 Å². The molecule has 5 rings (SSSR count). The van der Waals surface area contributed by atoms with Gasteiger partial charge in [-0.05, 0) is 12.1 Å². The number of fused-ring (bicyclic) bond motifs is 7. The maximum atomic E-state index is 10.3. The lowest BCUT2D eigenvalue weighted by Crippen LogP contribution is -1.76. The summed E-state index contributed by atoms with van der Waals surface area (Å²) < 4.78 is 6.17. The van der Waals surface area contributed by atoms with Crippen molar-refractivity contribution in [1.82, 2.24) is 0 Å². The molecule has 23 heavy (non-hydrogen) atoms. The minimum Gasteiger partial charge on any atom is -0.507 e. The van der Waals surface area contributed by atoms with Gasteiger partial charge in [0.1, 0.15) is 22.7 Å². The number of benzene rings is 4. The number of furan rings is 1. The van der Waals surface area contributed by atoms with Gasteiger partial charge in [0, 0.05) is 32.3 Å². The van der Waals surface area contributed by atoms with Crippen LogP contribution in [-0.4, -0.2) is 10.2 Å². The Bertz CT molecular complexity index is 1140. The average molecular weight is 300 g/mol. The van der Waals surface area contributed by atoms with Crippen molar-refractivity contribution < 1.29 is 14.6 Å². The van der Waals surface area contributed by atoms with Gasteiger partial charge < -0.3 is 14.6 Å². The van der Waals surface area contributed by atoms with Crippen molar-refractivity contribution >= 4 is 43.5 Å². The first-order valence-electron chi connectivity index (χ1n) is 7.41. The van der Waals surface area contributed by atoms with Crippen molar-refractivity contribution in [2.45, 2.75) is 0 Å². The van der Waals surface area contributed by atoms with Gasteiger partial charge in [0.05, 0.1) is 0 Å². The fraction of sp³-hybridized carbons (Fsp3) is 0. The average Bonchev–Trinajstić information content (AvgIpc) is 2.95. The maximum absolute atomic E-state index is 10.3. The Morgan fingerprint density at radius 3 is 1.35 bits per heavy atom. The molecule has 0 saturated heterocycles. The molecule has 0 radical (unpaired) electrons. The predicted octanol–water partition coefficient (Wildman–Crippen LogP) is 5.30. The zero-order valence-electron chi connectivity index (χ0n) is 12.1. The van der Waals surface area contributed by atoms with Gasteiger partial charge in [0.25, 0.3) is 0 Å². The van der Waals surface area contributed by atoms with Gasteiger partial charge in [0.15, 0.2) is 0 Å². The van der Waals surface area contributed by atoms with Crippen LogP contribution in [0.2, 0.25) is 0 Å². The maximum Gasteiger partial charge on any atom is 0.143 e. The Hall–Kier alpha value is -3.20. The molecule has 0 fully saturated rings. The number of rotatable bonds is 0. The van der Waals surface area contributed by atoms with Gasteiger partial charge in [-0.25, -0.2) is 0 Å². The highest BCUT2D eigenvalue weighted by Crippen LogP contribution is 2.42. The number of phenolic OH excluding ortho intramolecular Hbond substituents is 2. The molecule has 4 aromatic carbocycles. The fourth-order valence-electron chi connectivity index (χ4n) is 3.38. The monoisotopic (exact) mass is 300 g/mol. The molecule has 3 nitrogen and oxygen atoms in total. The van der Waals surface area contributed by atoms with E-state index in [9.17, 15) is 10.2 Å². The Kier molecular flexibility index (Phi) is 2.24. The molecule has 1 aromatic heterocycles. The lowest BCUT2D eigenvalue weighted by atomic mass is 10.0. The molecule has 3 heteroatoms. The van der Waals surface area contributed by atoms with Crippen molar-refractivity contribution in [1.29, 1.82) is 0 Å². The van der Waals surface area contributed by atoms with E-state index in [1.54, 1.807) is 12.1 Å². The molecule has 0 amide bonds. The first-order chi connectivity index (χ1) is 11.2. The van der Waals surface area contributed by atoms with Crippen LogP contribution in [0.25, 0.3) is 43.5 Å². The lowest BCUT2D eigenvalue weighted by molar-refractivity contribution is 0.481. The Morgan fingerprint density at radius 2 is 0.913 bits per heavy atom. The van der Waals surface area contributed by atoms with E-state index in [4.69, 9.17) is 4.42 Å². The van der Waals surface area contributed by atoms with Crippen molar-refractivity contribution in [2.75, 3.05) is 0 Å². The second-order valence-corrected chi connectivity index (χ2v) is 5.74. The van der Waals surface area contributed by atoms with E-state index in [1.165, 1.54) is 0 Å². The SMILES string of the molecule is Oc1cc2c3cc(O)c4ccccc4c3oc2c2ccccc12. The second kappa shape index (κ2) is 4.17. The minimum atomic E-state index is 0.212. The Labute approximate surface area is 131 Å². The largest absolute Gasteiger partial charge is 0.507 e. The summed E-state index contributed by atoms with van der Waals surface area (Å²) in [6.45, 7) is 0. The predicted molar refractivity (Wildman–Crippen MR) is 92.1 cm³/mol. The van der Waals surface area contributed by atoms with E-state index >= 15 is 0 Å². The lowest BCUT2D eigenvalue weighted by Gasteiger charge is -2.02. The molecular formula is C20H12O3. The molecule has 1 heterocycles.